The molecule has 0 unspecified atom stereocenters. The molecule has 0 aliphatic rings. The summed E-state index contributed by atoms with van der Waals surface area (Å²) in [5.74, 6) is 0.910. The highest BCUT2D eigenvalue weighted by Gasteiger charge is 2.19. The molecule has 4 rings (SSSR count). The van der Waals surface area contributed by atoms with Gasteiger partial charge in [0.1, 0.15) is 22.9 Å². The number of carbonyl (C=O) groups is 1. The molecule has 35 heavy (non-hydrogen) atoms. The van der Waals surface area contributed by atoms with Gasteiger partial charge in [-0.3, -0.25) is 4.79 Å². The van der Waals surface area contributed by atoms with Crippen molar-refractivity contribution in [3.63, 3.8) is 0 Å². The standard InChI is InChI=1S/C29H28FNO4/c1-5-34-28-19(3)29-25(26(17-35-29)21-9-11-22(30)12-10-21)15-24(28)18(2)13-27(32)31-16-20-7-6-8-23(14-20)33-4/h6-15,17H,5,16H2,1-4H3,(H,31,32)/b18-13+. The molecule has 0 aliphatic carbocycles. The van der Waals surface area contributed by atoms with E-state index < -0.39 is 0 Å². The predicted octanol–water partition coefficient (Wildman–Crippen LogP) is 6.67. The fourth-order valence-corrected chi connectivity index (χ4v) is 4.09. The zero-order valence-electron chi connectivity index (χ0n) is 20.3. The first-order chi connectivity index (χ1) is 16.9. The monoisotopic (exact) mass is 473 g/mol. The van der Waals surface area contributed by atoms with Gasteiger partial charge in [0.05, 0.1) is 20.0 Å². The highest BCUT2D eigenvalue weighted by atomic mass is 19.1. The largest absolute Gasteiger partial charge is 0.497 e. The highest BCUT2D eigenvalue weighted by molar-refractivity contribution is 6.01. The van der Waals surface area contributed by atoms with Crippen molar-refractivity contribution in [1.82, 2.24) is 5.32 Å². The molecule has 1 N–H and O–H groups in total. The van der Waals surface area contributed by atoms with E-state index in [1.807, 2.05) is 51.1 Å². The molecule has 5 nitrogen and oxygen atoms in total. The molecule has 4 aromatic rings. The number of amides is 1. The summed E-state index contributed by atoms with van der Waals surface area (Å²) in [6, 6.07) is 15.8. The van der Waals surface area contributed by atoms with Crippen molar-refractivity contribution in [1.29, 1.82) is 0 Å². The van der Waals surface area contributed by atoms with E-state index in [-0.39, 0.29) is 11.7 Å². The van der Waals surface area contributed by atoms with Crippen LogP contribution in [0.5, 0.6) is 11.5 Å². The average Bonchev–Trinajstić information content (AvgIpc) is 3.29. The zero-order chi connectivity index (χ0) is 24.9. The number of ether oxygens (including phenoxy) is 2. The second kappa shape index (κ2) is 10.5. The number of rotatable bonds is 8. The molecule has 0 saturated heterocycles. The topological polar surface area (TPSA) is 60.7 Å². The molecular weight excluding hydrogens is 445 g/mol. The molecule has 1 heterocycles. The summed E-state index contributed by atoms with van der Waals surface area (Å²) in [5, 5.41) is 3.80. The van der Waals surface area contributed by atoms with Crippen molar-refractivity contribution in [3.05, 3.63) is 89.4 Å². The van der Waals surface area contributed by atoms with Crippen LogP contribution in [-0.2, 0) is 11.3 Å². The number of nitrogens with one attached hydrogen (secondary N) is 1. The van der Waals surface area contributed by atoms with Crippen molar-refractivity contribution in [2.75, 3.05) is 13.7 Å². The van der Waals surface area contributed by atoms with Gasteiger partial charge in [0.15, 0.2) is 0 Å². The molecular formula is C29H28FNO4. The molecule has 1 aromatic heterocycles. The Bertz CT molecular complexity index is 1390. The van der Waals surface area contributed by atoms with Crippen LogP contribution in [0.25, 0.3) is 27.7 Å². The maximum absolute atomic E-state index is 13.5. The first-order valence-corrected chi connectivity index (χ1v) is 11.4. The van der Waals surface area contributed by atoms with Gasteiger partial charge in [-0.1, -0.05) is 24.3 Å². The Balaban J connectivity index is 1.68. The Hall–Kier alpha value is -4.06. The van der Waals surface area contributed by atoms with Crippen molar-refractivity contribution in [2.45, 2.75) is 27.3 Å². The molecule has 0 spiro atoms. The smallest absolute Gasteiger partial charge is 0.244 e. The van der Waals surface area contributed by atoms with Gasteiger partial charge in [-0.2, -0.15) is 0 Å². The summed E-state index contributed by atoms with van der Waals surface area (Å²) < 4.78 is 30.6. The molecule has 1 amide bonds. The summed E-state index contributed by atoms with van der Waals surface area (Å²) in [6.07, 6.45) is 3.24. The quantitative estimate of drug-likeness (QED) is 0.290. The Labute approximate surface area is 204 Å². The van der Waals surface area contributed by atoms with Gasteiger partial charge < -0.3 is 19.2 Å². The highest BCUT2D eigenvalue weighted by Crippen LogP contribution is 2.40. The lowest BCUT2D eigenvalue weighted by atomic mass is 9.96. The number of allylic oxidation sites excluding steroid dienone is 1. The van der Waals surface area contributed by atoms with Crippen LogP contribution >= 0.6 is 0 Å². The van der Waals surface area contributed by atoms with Crippen LogP contribution in [0, 0.1) is 12.7 Å². The van der Waals surface area contributed by atoms with Gasteiger partial charge in [0.25, 0.3) is 0 Å². The van der Waals surface area contributed by atoms with Crippen LogP contribution in [0.3, 0.4) is 0 Å². The zero-order valence-corrected chi connectivity index (χ0v) is 20.3. The maximum atomic E-state index is 13.5. The maximum Gasteiger partial charge on any atom is 0.244 e. The molecule has 0 bridgehead atoms. The molecule has 0 aliphatic heterocycles. The van der Waals surface area contributed by atoms with Crippen LogP contribution < -0.4 is 14.8 Å². The summed E-state index contributed by atoms with van der Waals surface area (Å²) >= 11 is 0. The lowest BCUT2D eigenvalue weighted by Crippen LogP contribution is -2.20. The molecule has 3 aromatic carbocycles. The van der Waals surface area contributed by atoms with E-state index in [0.717, 1.165) is 44.5 Å². The van der Waals surface area contributed by atoms with Gasteiger partial charge >= 0.3 is 0 Å². The predicted molar refractivity (Wildman–Crippen MR) is 136 cm³/mol. The number of hydrogen-bond acceptors (Lipinski definition) is 4. The number of benzene rings is 3. The number of fused-ring (bicyclic) bond motifs is 1. The average molecular weight is 474 g/mol. The van der Waals surface area contributed by atoms with Crippen LogP contribution in [0.4, 0.5) is 4.39 Å². The summed E-state index contributed by atoms with van der Waals surface area (Å²) in [5.41, 5.74) is 5.74. The molecule has 0 fully saturated rings. The lowest BCUT2D eigenvalue weighted by molar-refractivity contribution is -0.116. The Kier molecular flexibility index (Phi) is 7.20. The van der Waals surface area contributed by atoms with Crippen molar-refractivity contribution < 1.29 is 23.1 Å². The molecule has 0 atom stereocenters. The van der Waals surface area contributed by atoms with Crippen molar-refractivity contribution in [3.8, 4) is 22.6 Å². The van der Waals surface area contributed by atoms with E-state index in [4.69, 9.17) is 13.9 Å². The summed E-state index contributed by atoms with van der Waals surface area (Å²) in [6.45, 7) is 6.59. The number of methoxy groups -OCH3 is 1. The minimum Gasteiger partial charge on any atom is -0.497 e. The van der Waals surface area contributed by atoms with Gasteiger partial charge in [0.2, 0.25) is 5.91 Å². The van der Waals surface area contributed by atoms with Crippen molar-refractivity contribution in [2.24, 2.45) is 0 Å². The van der Waals surface area contributed by atoms with Crippen LogP contribution in [0.1, 0.15) is 30.5 Å². The third-order valence-corrected chi connectivity index (χ3v) is 5.86. The number of aryl methyl sites for hydroxylation is 1. The normalized spacial score (nSPS) is 11.5. The van der Waals surface area contributed by atoms with Crippen LogP contribution in [-0.4, -0.2) is 19.6 Å². The lowest BCUT2D eigenvalue weighted by Gasteiger charge is -2.15. The molecule has 0 saturated carbocycles. The van der Waals surface area contributed by atoms with Crippen LogP contribution in [0.15, 0.2) is 71.4 Å². The number of furan rings is 1. The first kappa shape index (κ1) is 24.1. The van der Waals surface area contributed by atoms with Gasteiger partial charge in [-0.15, -0.1) is 0 Å². The van der Waals surface area contributed by atoms with Crippen LogP contribution in [0.2, 0.25) is 0 Å². The summed E-state index contributed by atoms with van der Waals surface area (Å²) in [4.78, 5) is 12.7. The fraction of sp³-hybridized carbons (Fsp3) is 0.207. The second-order valence-corrected chi connectivity index (χ2v) is 8.24. The van der Waals surface area contributed by atoms with E-state index in [2.05, 4.69) is 5.32 Å². The van der Waals surface area contributed by atoms with E-state index in [9.17, 15) is 9.18 Å². The second-order valence-electron chi connectivity index (χ2n) is 8.24. The SMILES string of the molecule is CCOc1c(/C(C)=C/C(=O)NCc2cccc(OC)c2)cc2c(-c3ccc(F)cc3)coc2c1C. The number of halogens is 1. The van der Waals surface area contributed by atoms with Gasteiger partial charge in [-0.05, 0) is 67.8 Å². The van der Waals surface area contributed by atoms with E-state index in [1.54, 1.807) is 31.6 Å². The van der Waals surface area contributed by atoms with Gasteiger partial charge in [-0.25, -0.2) is 4.39 Å². The third-order valence-electron chi connectivity index (χ3n) is 5.86. The molecule has 6 heteroatoms. The van der Waals surface area contributed by atoms with E-state index >= 15 is 0 Å². The minimum absolute atomic E-state index is 0.212. The van der Waals surface area contributed by atoms with E-state index in [0.29, 0.717) is 24.5 Å². The fourth-order valence-electron chi connectivity index (χ4n) is 4.09. The first-order valence-electron chi connectivity index (χ1n) is 11.4. The Morgan fingerprint density at radius 1 is 1.14 bits per heavy atom. The minimum atomic E-state index is -0.296. The summed E-state index contributed by atoms with van der Waals surface area (Å²) in [7, 11) is 1.61. The van der Waals surface area contributed by atoms with E-state index in [1.165, 1.54) is 12.1 Å². The molecule has 180 valence electrons. The Morgan fingerprint density at radius 2 is 1.91 bits per heavy atom. The number of hydrogen-bond donors (Lipinski definition) is 1. The molecule has 0 radical (unpaired) electrons. The van der Waals surface area contributed by atoms with Gasteiger partial charge in [0, 0.05) is 34.7 Å². The third kappa shape index (κ3) is 5.22. The Morgan fingerprint density at radius 3 is 2.63 bits per heavy atom. The van der Waals surface area contributed by atoms with Crippen molar-refractivity contribution >= 4 is 22.4 Å². The number of carbonyl (C=O) groups excluding carboxylic acids is 1.